The van der Waals surface area contributed by atoms with Crippen LogP contribution in [-0.4, -0.2) is 27.7 Å². The molecule has 2 heterocycles. The van der Waals surface area contributed by atoms with E-state index in [1.807, 2.05) is 13.8 Å². The van der Waals surface area contributed by atoms with Crippen LogP contribution in [0.1, 0.15) is 35.7 Å². The second kappa shape index (κ2) is 6.19. The number of nitrogens with zero attached hydrogens (tertiary/aromatic N) is 3. The number of ether oxygens (including phenoxy) is 1. The van der Waals surface area contributed by atoms with Crippen molar-refractivity contribution in [1.82, 2.24) is 14.6 Å². The number of halogens is 3. The largest absolute Gasteiger partial charge is 0.465 e. The van der Waals surface area contributed by atoms with E-state index >= 15 is 0 Å². The number of hydrogen-bond donors (Lipinski definition) is 0. The van der Waals surface area contributed by atoms with Crippen molar-refractivity contribution in [3.8, 4) is 11.4 Å². The van der Waals surface area contributed by atoms with Gasteiger partial charge in [0.2, 0.25) is 0 Å². The van der Waals surface area contributed by atoms with E-state index < -0.39 is 29.0 Å². The summed E-state index contributed by atoms with van der Waals surface area (Å²) < 4.78 is 47.8. The fourth-order valence-corrected chi connectivity index (χ4v) is 2.74. The van der Waals surface area contributed by atoms with Gasteiger partial charge in [-0.1, -0.05) is 13.8 Å². The van der Waals surface area contributed by atoms with Crippen LogP contribution in [0.5, 0.6) is 0 Å². The number of benzene rings is 1. The number of carbonyl (C=O) groups is 1. The van der Waals surface area contributed by atoms with Gasteiger partial charge in [-0.25, -0.2) is 18.0 Å². The van der Waals surface area contributed by atoms with E-state index in [0.717, 1.165) is 6.07 Å². The first-order valence-corrected chi connectivity index (χ1v) is 7.46. The zero-order valence-corrected chi connectivity index (χ0v) is 13.7. The highest BCUT2D eigenvalue weighted by Crippen LogP contribution is 2.30. The molecule has 3 rings (SSSR count). The lowest BCUT2D eigenvalue weighted by atomic mass is 9.98. The van der Waals surface area contributed by atoms with Gasteiger partial charge in [-0.2, -0.15) is 0 Å². The van der Waals surface area contributed by atoms with Crippen LogP contribution < -0.4 is 0 Å². The highest BCUT2D eigenvalue weighted by Gasteiger charge is 2.25. The van der Waals surface area contributed by atoms with Crippen molar-refractivity contribution >= 4 is 11.6 Å². The minimum absolute atomic E-state index is 0.142. The summed E-state index contributed by atoms with van der Waals surface area (Å²) in [6, 6.07) is 2.98. The van der Waals surface area contributed by atoms with E-state index in [2.05, 4.69) is 10.2 Å². The molecule has 25 heavy (non-hydrogen) atoms. The summed E-state index contributed by atoms with van der Waals surface area (Å²) in [5.41, 5.74) is 0.429. The van der Waals surface area contributed by atoms with Crippen molar-refractivity contribution < 1.29 is 22.7 Å². The van der Waals surface area contributed by atoms with E-state index in [9.17, 15) is 18.0 Å². The first-order valence-electron chi connectivity index (χ1n) is 7.46. The third kappa shape index (κ3) is 2.63. The Morgan fingerprint density at radius 2 is 1.80 bits per heavy atom. The zero-order chi connectivity index (χ0) is 18.3. The number of pyridine rings is 1. The van der Waals surface area contributed by atoms with Crippen molar-refractivity contribution in [2.75, 3.05) is 7.11 Å². The number of rotatable bonds is 3. The molecule has 0 unspecified atom stereocenters. The molecule has 0 bridgehead atoms. The average molecular weight is 349 g/mol. The van der Waals surface area contributed by atoms with E-state index in [-0.39, 0.29) is 23.0 Å². The highest BCUT2D eigenvalue weighted by molar-refractivity contribution is 5.93. The van der Waals surface area contributed by atoms with Gasteiger partial charge in [0.05, 0.1) is 18.2 Å². The summed E-state index contributed by atoms with van der Waals surface area (Å²) in [7, 11) is 1.25. The third-order valence-electron chi connectivity index (χ3n) is 3.87. The summed E-state index contributed by atoms with van der Waals surface area (Å²) in [6.07, 6.45) is 1.40. The smallest absolute Gasteiger partial charge is 0.338 e. The Morgan fingerprint density at radius 1 is 1.12 bits per heavy atom. The number of aromatic nitrogens is 3. The molecule has 0 aliphatic rings. The molecule has 0 fully saturated rings. The third-order valence-corrected chi connectivity index (χ3v) is 3.87. The predicted octanol–water partition coefficient (Wildman–Crippen LogP) is 3.72. The number of hydrogen-bond acceptors (Lipinski definition) is 4. The lowest BCUT2D eigenvalue weighted by molar-refractivity contribution is 0.0599. The SMILES string of the molecule is COC(=O)c1ccn2c(-c3c(F)ccc(F)c3F)nnc2c1C(C)C. The van der Waals surface area contributed by atoms with Crippen LogP contribution in [0.15, 0.2) is 24.4 Å². The maximum absolute atomic E-state index is 14.1. The Hall–Kier alpha value is -2.90. The molecule has 0 aliphatic heterocycles. The normalized spacial score (nSPS) is 11.3. The Morgan fingerprint density at radius 3 is 2.44 bits per heavy atom. The van der Waals surface area contributed by atoms with Gasteiger partial charge in [0, 0.05) is 11.8 Å². The van der Waals surface area contributed by atoms with Crippen LogP contribution >= 0.6 is 0 Å². The second-order valence-corrected chi connectivity index (χ2v) is 5.72. The average Bonchev–Trinajstić information content (AvgIpc) is 3.00. The molecule has 5 nitrogen and oxygen atoms in total. The number of fused-ring (bicyclic) bond motifs is 1. The quantitative estimate of drug-likeness (QED) is 0.534. The van der Waals surface area contributed by atoms with Crippen LogP contribution in [0.2, 0.25) is 0 Å². The van der Waals surface area contributed by atoms with Gasteiger partial charge in [-0.15, -0.1) is 10.2 Å². The minimum atomic E-state index is -1.35. The molecule has 0 aliphatic carbocycles. The van der Waals surface area contributed by atoms with Gasteiger partial charge < -0.3 is 4.74 Å². The monoisotopic (exact) mass is 349 g/mol. The van der Waals surface area contributed by atoms with Crippen molar-refractivity contribution in [3.63, 3.8) is 0 Å². The summed E-state index contributed by atoms with van der Waals surface area (Å²) in [5, 5.41) is 7.77. The van der Waals surface area contributed by atoms with Gasteiger partial charge in [0.15, 0.2) is 23.1 Å². The Bertz CT molecular complexity index is 983. The predicted molar refractivity (Wildman–Crippen MR) is 83.7 cm³/mol. The second-order valence-electron chi connectivity index (χ2n) is 5.72. The molecule has 0 atom stereocenters. The van der Waals surface area contributed by atoms with E-state index in [1.54, 1.807) is 0 Å². The molecule has 3 aromatic rings. The zero-order valence-electron chi connectivity index (χ0n) is 13.7. The Labute approximate surface area is 141 Å². The molecule has 0 N–H and O–H groups in total. The highest BCUT2D eigenvalue weighted by atomic mass is 19.2. The maximum Gasteiger partial charge on any atom is 0.338 e. The van der Waals surface area contributed by atoms with Crippen LogP contribution in [0.3, 0.4) is 0 Å². The van der Waals surface area contributed by atoms with Gasteiger partial charge in [-0.3, -0.25) is 4.40 Å². The number of carbonyl (C=O) groups excluding carboxylic acids is 1. The summed E-state index contributed by atoms with van der Waals surface area (Å²) in [5.74, 6) is -4.39. The topological polar surface area (TPSA) is 56.5 Å². The van der Waals surface area contributed by atoms with Gasteiger partial charge in [0.1, 0.15) is 5.82 Å². The summed E-state index contributed by atoms with van der Waals surface area (Å²) in [6.45, 7) is 3.67. The number of methoxy groups -OCH3 is 1. The lowest BCUT2D eigenvalue weighted by Gasteiger charge is -2.13. The first kappa shape index (κ1) is 16.9. The van der Waals surface area contributed by atoms with E-state index in [1.165, 1.54) is 23.8 Å². The number of esters is 1. The van der Waals surface area contributed by atoms with Gasteiger partial charge in [-0.05, 0) is 24.1 Å². The molecule has 0 saturated heterocycles. The molecule has 0 radical (unpaired) electrons. The van der Waals surface area contributed by atoms with Crippen LogP contribution in [-0.2, 0) is 4.74 Å². The lowest BCUT2D eigenvalue weighted by Crippen LogP contribution is -2.09. The molecule has 0 amide bonds. The molecule has 130 valence electrons. The molecule has 2 aromatic heterocycles. The Balaban J connectivity index is 2.34. The molecule has 8 heteroatoms. The fourth-order valence-electron chi connectivity index (χ4n) is 2.74. The van der Waals surface area contributed by atoms with Crippen LogP contribution in [0, 0.1) is 17.5 Å². The van der Waals surface area contributed by atoms with E-state index in [4.69, 9.17) is 4.74 Å². The van der Waals surface area contributed by atoms with Crippen molar-refractivity contribution in [2.24, 2.45) is 0 Å². The standard InChI is InChI=1S/C17H14F3N3O2/c1-8(2)12-9(17(24)25-3)6-7-23-15(12)21-22-16(23)13-10(18)4-5-11(19)14(13)20/h4-8H,1-3H3. The molecule has 0 spiro atoms. The molecule has 1 aromatic carbocycles. The molecular weight excluding hydrogens is 335 g/mol. The van der Waals surface area contributed by atoms with Crippen LogP contribution in [0.4, 0.5) is 13.2 Å². The summed E-state index contributed by atoms with van der Waals surface area (Å²) >= 11 is 0. The van der Waals surface area contributed by atoms with E-state index in [0.29, 0.717) is 11.6 Å². The summed E-state index contributed by atoms with van der Waals surface area (Å²) in [4.78, 5) is 12.0. The fraction of sp³-hybridized carbons (Fsp3) is 0.235. The van der Waals surface area contributed by atoms with Crippen molar-refractivity contribution in [1.29, 1.82) is 0 Å². The molecule has 0 saturated carbocycles. The van der Waals surface area contributed by atoms with Crippen LogP contribution in [0.25, 0.3) is 17.0 Å². The maximum atomic E-state index is 14.1. The van der Waals surface area contributed by atoms with Gasteiger partial charge in [0.25, 0.3) is 0 Å². The van der Waals surface area contributed by atoms with Gasteiger partial charge >= 0.3 is 5.97 Å². The van der Waals surface area contributed by atoms with Crippen molar-refractivity contribution in [3.05, 3.63) is 53.0 Å². The van der Waals surface area contributed by atoms with Crippen molar-refractivity contribution in [2.45, 2.75) is 19.8 Å². The Kier molecular flexibility index (Phi) is 4.20. The molecular formula is C17H14F3N3O2. The first-order chi connectivity index (χ1) is 11.9. The minimum Gasteiger partial charge on any atom is -0.465 e.